The van der Waals surface area contributed by atoms with Crippen molar-refractivity contribution in [2.24, 2.45) is 23.7 Å². The largest absolute Gasteiger partial charge is 0.349 e. The molecule has 2 nitrogen and oxygen atoms in total. The lowest BCUT2D eigenvalue weighted by atomic mass is 9.54. The standard InChI is InChI=1S/C18H22FNO/c1-10-2-3-15(19)9-16(10)18(21)20-17-13-5-11-4-12(7-13)8-14(17)6-11/h2-3,9,11-14,17H,4-8H2,1H3,(H,20,21). The van der Waals surface area contributed by atoms with Crippen molar-refractivity contribution in [3.05, 3.63) is 35.1 Å². The van der Waals surface area contributed by atoms with Crippen LogP contribution < -0.4 is 5.32 Å². The van der Waals surface area contributed by atoms with Gasteiger partial charge in [0.2, 0.25) is 0 Å². The van der Waals surface area contributed by atoms with Crippen LogP contribution in [0.5, 0.6) is 0 Å². The maximum absolute atomic E-state index is 13.4. The van der Waals surface area contributed by atoms with Crippen LogP contribution >= 0.6 is 0 Å². The van der Waals surface area contributed by atoms with Crippen molar-refractivity contribution >= 4 is 5.91 Å². The third-order valence-corrected chi connectivity index (χ3v) is 5.97. The van der Waals surface area contributed by atoms with Crippen molar-refractivity contribution in [1.82, 2.24) is 5.32 Å². The van der Waals surface area contributed by atoms with E-state index in [2.05, 4.69) is 5.32 Å². The van der Waals surface area contributed by atoms with Gasteiger partial charge in [-0.25, -0.2) is 4.39 Å². The molecule has 0 unspecified atom stereocenters. The van der Waals surface area contributed by atoms with E-state index in [0.717, 1.165) is 17.4 Å². The zero-order chi connectivity index (χ0) is 14.6. The number of hydrogen-bond acceptors (Lipinski definition) is 1. The lowest BCUT2D eigenvalue weighted by Gasteiger charge is -2.54. The average Bonchev–Trinajstić information content (AvgIpc) is 2.44. The van der Waals surface area contributed by atoms with Crippen LogP contribution in [-0.4, -0.2) is 11.9 Å². The average molecular weight is 287 g/mol. The fraction of sp³-hybridized carbons (Fsp3) is 0.611. The van der Waals surface area contributed by atoms with E-state index in [1.807, 2.05) is 6.92 Å². The van der Waals surface area contributed by atoms with Gasteiger partial charge in [-0.3, -0.25) is 4.79 Å². The molecule has 0 heterocycles. The second kappa shape index (κ2) is 4.82. The Morgan fingerprint density at radius 2 is 1.71 bits per heavy atom. The molecule has 4 fully saturated rings. The smallest absolute Gasteiger partial charge is 0.251 e. The van der Waals surface area contributed by atoms with Crippen LogP contribution in [-0.2, 0) is 0 Å². The van der Waals surface area contributed by atoms with Crippen LogP contribution in [0.4, 0.5) is 4.39 Å². The lowest BCUT2D eigenvalue weighted by molar-refractivity contribution is -0.0119. The van der Waals surface area contributed by atoms with E-state index in [4.69, 9.17) is 0 Å². The summed E-state index contributed by atoms with van der Waals surface area (Å²) in [4.78, 5) is 12.5. The molecule has 4 bridgehead atoms. The third kappa shape index (κ3) is 2.27. The highest BCUT2D eigenvalue weighted by Crippen LogP contribution is 2.53. The molecule has 1 aromatic rings. The highest BCUT2D eigenvalue weighted by Gasteiger charge is 2.48. The van der Waals surface area contributed by atoms with Crippen molar-refractivity contribution in [2.75, 3.05) is 0 Å². The van der Waals surface area contributed by atoms with Crippen LogP contribution in [0, 0.1) is 36.4 Å². The van der Waals surface area contributed by atoms with E-state index in [1.165, 1.54) is 44.2 Å². The van der Waals surface area contributed by atoms with E-state index in [0.29, 0.717) is 23.4 Å². The Morgan fingerprint density at radius 1 is 1.10 bits per heavy atom. The number of rotatable bonds is 2. The van der Waals surface area contributed by atoms with E-state index in [1.54, 1.807) is 6.07 Å². The molecule has 4 aliphatic rings. The maximum Gasteiger partial charge on any atom is 0.251 e. The van der Waals surface area contributed by atoms with Crippen molar-refractivity contribution in [1.29, 1.82) is 0 Å². The molecular weight excluding hydrogens is 265 g/mol. The van der Waals surface area contributed by atoms with E-state index < -0.39 is 0 Å². The second-order valence-electron chi connectivity index (χ2n) is 7.39. The highest BCUT2D eigenvalue weighted by molar-refractivity contribution is 5.95. The summed E-state index contributed by atoms with van der Waals surface area (Å²) in [7, 11) is 0. The number of nitrogens with one attached hydrogen (secondary N) is 1. The second-order valence-corrected chi connectivity index (χ2v) is 7.39. The first-order chi connectivity index (χ1) is 10.1. The predicted molar refractivity (Wildman–Crippen MR) is 79.4 cm³/mol. The minimum absolute atomic E-state index is 0.0931. The Hall–Kier alpha value is -1.38. The number of amides is 1. The molecule has 4 saturated carbocycles. The molecule has 0 spiro atoms. The SMILES string of the molecule is Cc1ccc(F)cc1C(=O)NC1C2CC3CC(C2)CC1C3. The normalized spacial score (nSPS) is 36.8. The summed E-state index contributed by atoms with van der Waals surface area (Å²) in [5.74, 6) is 2.67. The van der Waals surface area contributed by atoms with Crippen LogP contribution in [0.3, 0.4) is 0 Å². The van der Waals surface area contributed by atoms with Gasteiger partial charge in [0, 0.05) is 11.6 Å². The minimum atomic E-state index is -0.337. The van der Waals surface area contributed by atoms with Gasteiger partial charge < -0.3 is 5.32 Å². The number of hydrogen-bond donors (Lipinski definition) is 1. The van der Waals surface area contributed by atoms with Gasteiger partial charge in [-0.2, -0.15) is 0 Å². The number of halogens is 1. The first kappa shape index (κ1) is 13.3. The Labute approximate surface area is 125 Å². The molecule has 21 heavy (non-hydrogen) atoms. The van der Waals surface area contributed by atoms with Crippen molar-refractivity contribution in [2.45, 2.75) is 45.1 Å². The predicted octanol–water partition coefficient (Wildman–Crippen LogP) is 3.69. The number of carbonyl (C=O) groups is 1. The molecule has 1 aromatic carbocycles. The van der Waals surface area contributed by atoms with Crippen LogP contribution in [0.2, 0.25) is 0 Å². The summed E-state index contributed by atoms with van der Waals surface area (Å²) < 4.78 is 13.4. The molecule has 0 aliphatic heterocycles. The van der Waals surface area contributed by atoms with Crippen molar-refractivity contribution in [3.8, 4) is 0 Å². The fourth-order valence-corrected chi connectivity index (χ4v) is 5.23. The first-order valence-electron chi connectivity index (χ1n) is 8.17. The van der Waals surface area contributed by atoms with Gasteiger partial charge in [-0.05, 0) is 80.4 Å². The molecule has 5 rings (SSSR count). The van der Waals surface area contributed by atoms with Crippen LogP contribution in [0.25, 0.3) is 0 Å². The molecule has 1 N–H and O–H groups in total. The van der Waals surface area contributed by atoms with Gasteiger partial charge in [0.1, 0.15) is 5.82 Å². The quantitative estimate of drug-likeness (QED) is 0.883. The summed E-state index contributed by atoms with van der Waals surface area (Å²) in [6.45, 7) is 1.87. The van der Waals surface area contributed by atoms with Gasteiger partial charge in [0.05, 0.1) is 0 Å². The van der Waals surface area contributed by atoms with Crippen LogP contribution in [0.1, 0.15) is 48.0 Å². The molecule has 112 valence electrons. The Morgan fingerprint density at radius 3 is 2.33 bits per heavy atom. The number of aryl methyl sites for hydroxylation is 1. The minimum Gasteiger partial charge on any atom is -0.349 e. The Kier molecular flexibility index (Phi) is 3.05. The zero-order valence-corrected chi connectivity index (χ0v) is 12.4. The summed E-state index contributed by atoms with van der Waals surface area (Å²) >= 11 is 0. The molecule has 0 radical (unpaired) electrons. The molecule has 0 saturated heterocycles. The summed E-state index contributed by atoms with van der Waals surface area (Å²) in [6, 6.07) is 4.77. The van der Waals surface area contributed by atoms with Gasteiger partial charge in [0.25, 0.3) is 5.91 Å². The number of carbonyl (C=O) groups excluding carboxylic acids is 1. The summed E-state index contributed by atoms with van der Waals surface area (Å²) in [6.07, 6.45) is 6.52. The first-order valence-corrected chi connectivity index (χ1v) is 8.17. The Bertz CT molecular complexity index is 555. The fourth-order valence-electron chi connectivity index (χ4n) is 5.23. The highest BCUT2D eigenvalue weighted by atomic mass is 19.1. The zero-order valence-electron chi connectivity index (χ0n) is 12.4. The van der Waals surface area contributed by atoms with Crippen LogP contribution in [0.15, 0.2) is 18.2 Å². The lowest BCUT2D eigenvalue weighted by Crippen LogP contribution is -2.55. The monoisotopic (exact) mass is 287 g/mol. The van der Waals surface area contributed by atoms with Crippen molar-refractivity contribution < 1.29 is 9.18 Å². The van der Waals surface area contributed by atoms with Gasteiger partial charge in [-0.1, -0.05) is 6.07 Å². The number of benzene rings is 1. The topological polar surface area (TPSA) is 29.1 Å². The Balaban J connectivity index is 1.53. The molecule has 0 aromatic heterocycles. The van der Waals surface area contributed by atoms with Gasteiger partial charge in [-0.15, -0.1) is 0 Å². The molecule has 0 atom stereocenters. The molecule has 4 aliphatic carbocycles. The maximum atomic E-state index is 13.4. The van der Waals surface area contributed by atoms with Crippen molar-refractivity contribution in [3.63, 3.8) is 0 Å². The molecule has 1 amide bonds. The van der Waals surface area contributed by atoms with Gasteiger partial charge >= 0.3 is 0 Å². The van der Waals surface area contributed by atoms with E-state index in [-0.39, 0.29) is 11.7 Å². The van der Waals surface area contributed by atoms with E-state index >= 15 is 0 Å². The molecule has 3 heteroatoms. The van der Waals surface area contributed by atoms with E-state index in [9.17, 15) is 9.18 Å². The molecular formula is C18H22FNO. The summed E-state index contributed by atoms with van der Waals surface area (Å²) in [5.41, 5.74) is 1.33. The third-order valence-electron chi connectivity index (χ3n) is 5.97. The van der Waals surface area contributed by atoms with Gasteiger partial charge in [0.15, 0.2) is 0 Å². The summed E-state index contributed by atoms with van der Waals surface area (Å²) in [5, 5.41) is 3.24.